The van der Waals surface area contributed by atoms with E-state index in [1.54, 1.807) is 36.4 Å². The van der Waals surface area contributed by atoms with Crippen molar-refractivity contribution in [1.29, 1.82) is 0 Å². The van der Waals surface area contributed by atoms with Crippen LogP contribution in [0.3, 0.4) is 0 Å². The summed E-state index contributed by atoms with van der Waals surface area (Å²) in [6.45, 7) is -0.102. The predicted molar refractivity (Wildman–Crippen MR) is 106 cm³/mol. The first-order chi connectivity index (χ1) is 13.4. The van der Waals surface area contributed by atoms with E-state index >= 15 is 0 Å². The summed E-state index contributed by atoms with van der Waals surface area (Å²) in [6.07, 6.45) is 1.25. The molecular formula is C19H13Cl2N3O4. The van der Waals surface area contributed by atoms with Crippen LogP contribution in [-0.4, -0.2) is 30.3 Å². The van der Waals surface area contributed by atoms with E-state index < -0.39 is 11.7 Å². The summed E-state index contributed by atoms with van der Waals surface area (Å²) >= 11 is 12.3. The Balaban J connectivity index is 1.89. The van der Waals surface area contributed by atoms with E-state index in [0.29, 0.717) is 27.2 Å². The molecule has 2 aromatic heterocycles. The smallest absolute Gasteiger partial charge is 0.352 e. The minimum Gasteiger partial charge on any atom is -0.493 e. The number of fused-ring (bicyclic) bond motifs is 1. The van der Waals surface area contributed by atoms with Crippen LogP contribution >= 0.6 is 23.2 Å². The Morgan fingerprint density at radius 2 is 1.86 bits per heavy atom. The van der Waals surface area contributed by atoms with Crippen molar-refractivity contribution >= 4 is 40.1 Å². The number of benzene rings is 2. The Labute approximate surface area is 168 Å². The van der Waals surface area contributed by atoms with Crippen LogP contribution in [0.2, 0.25) is 10.0 Å². The molecule has 0 fully saturated rings. The second-order valence-electron chi connectivity index (χ2n) is 6.16. The third kappa shape index (κ3) is 2.94. The van der Waals surface area contributed by atoms with Crippen LogP contribution in [0.4, 0.5) is 0 Å². The highest BCUT2D eigenvalue weighted by Gasteiger charge is 2.22. The lowest BCUT2D eigenvalue weighted by atomic mass is 10.1. The fourth-order valence-electron chi connectivity index (χ4n) is 3.24. The largest absolute Gasteiger partial charge is 0.493 e. The van der Waals surface area contributed by atoms with Crippen LogP contribution in [0.1, 0.15) is 16.1 Å². The molecule has 2 heterocycles. The number of aromatic carboxylic acids is 1. The van der Waals surface area contributed by atoms with Crippen molar-refractivity contribution in [3.05, 3.63) is 80.4 Å². The second kappa shape index (κ2) is 6.78. The average Bonchev–Trinajstić information content (AvgIpc) is 3.13. The molecular weight excluding hydrogens is 405 g/mol. The highest BCUT2D eigenvalue weighted by molar-refractivity contribution is 6.39. The Hall–Kier alpha value is -3.16. The number of para-hydroxylation sites is 1. The number of carboxylic acid groups (broad SMARTS) is 1. The molecule has 0 unspecified atom stereocenters. The van der Waals surface area contributed by atoms with Gasteiger partial charge in [-0.25, -0.2) is 14.2 Å². The van der Waals surface area contributed by atoms with Gasteiger partial charge in [-0.05, 0) is 24.3 Å². The van der Waals surface area contributed by atoms with Crippen LogP contribution in [0.25, 0.3) is 16.6 Å². The molecule has 0 bridgehead atoms. The quantitative estimate of drug-likeness (QED) is 0.468. The van der Waals surface area contributed by atoms with Gasteiger partial charge < -0.3 is 15.2 Å². The lowest BCUT2D eigenvalue weighted by molar-refractivity contribution is 0.0690. The molecule has 0 saturated carbocycles. The van der Waals surface area contributed by atoms with E-state index in [9.17, 15) is 19.8 Å². The number of H-pyrrole nitrogens is 1. The van der Waals surface area contributed by atoms with Crippen molar-refractivity contribution in [3.8, 4) is 11.6 Å². The number of aromatic amines is 1. The van der Waals surface area contributed by atoms with E-state index in [1.807, 2.05) is 0 Å². The first-order valence-corrected chi connectivity index (χ1v) is 8.92. The van der Waals surface area contributed by atoms with E-state index in [4.69, 9.17) is 23.2 Å². The predicted octanol–water partition coefficient (Wildman–Crippen LogP) is 3.88. The van der Waals surface area contributed by atoms with E-state index in [1.165, 1.54) is 16.8 Å². The van der Waals surface area contributed by atoms with Crippen molar-refractivity contribution in [3.63, 3.8) is 0 Å². The molecule has 4 aromatic rings. The van der Waals surface area contributed by atoms with Crippen molar-refractivity contribution in [1.82, 2.24) is 14.1 Å². The summed E-state index contributed by atoms with van der Waals surface area (Å²) in [7, 11) is 0. The lowest BCUT2D eigenvalue weighted by Crippen LogP contribution is -2.24. The minimum absolute atomic E-state index is 0.0991. The number of aromatic nitrogens is 3. The molecule has 7 nitrogen and oxygen atoms in total. The summed E-state index contributed by atoms with van der Waals surface area (Å²) in [5, 5.41) is 20.9. The van der Waals surface area contributed by atoms with Gasteiger partial charge in [0, 0.05) is 21.5 Å². The number of carboxylic acids is 1. The summed E-state index contributed by atoms with van der Waals surface area (Å²) in [5.74, 6) is -1.46. The van der Waals surface area contributed by atoms with Crippen molar-refractivity contribution < 1.29 is 15.0 Å². The highest BCUT2D eigenvalue weighted by Crippen LogP contribution is 2.33. The molecule has 0 spiro atoms. The number of carbonyl (C=O) groups is 1. The number of imidazole rings is 1. The summed E-state index contributed by atoms with van der Waals surface area (Å²) in [4.78, 5) is 27.3. The van der Waals surface area contributed by atoms with Crippen LogP contribution in [0.5, 0.6) is 5.88 Å². The molecule has 0 amide bonds. The van der Waals surface area contributed by atoms with Gasteiger partial charge in [-0.3, -0.25) is 4.57 Å². The number of halogens is 2. The summed E-state index contributed by atoms with van der Waals surface area (Å²) < 4.78 is 2.36. The van der Waals surface area contributed by atoms with Crippen LogP contribution < -0.4 is 5.69 Å². The zero-order valence-corrected chi connectivity index (χ0v) is 15.7. The maximum Gasteiger partial charge on any atom is 0.352 e. The van der Waals surface area contributed by atoms with Gasteiger partial charge in [0.2, 0.25) is 5.88 Å². The monoisotopic (exact) mass is 417 g/mol. The molecule has 28 heavy (non-hydrogen) atoms. The number of hydrogen-bond donors (Lipinski definition) is 3. The Morgan fingerprint density at radius 1 is 1.14 bits per heavy atom. The minimum atomic E-state index is -1.20. The van der Waals surface area contributed by atoms with Gasteiger partial charge in [0.05, 0.1) is 23.5 Å². The van der Waals surface area contributed by atoms with E-state index in [-0.39, 0.29) is 23.1 Å². The van der Waals surface area contributed by atoms with Crippen molar-refractivity contribution in [2.24, 2.45) is 0 Å². The Bertz CT molecular complexity index is 1270. The number of nitrogens with zero attached hydrogens (tertiary/aromatic N) is 2. The Morgan fingerprint density at radius 3 is 2.54 bits per heavy atom. The fourth-order valence-corrected chi connectivity index (χ4v) is 3.84. The number of rotatable bonds is 4. The molecule has 2 aromatic carbocycles. The van der Waals surface area contributed by atoms with Gasteiger partial charge in [-0.15, -0.1) is 0 Å². The molecule has 3 N–H and O–H groups in total. The van der Waals surface area contributed by atoms with Gasteiger partial charge in [-0.1, -0.05) is 41.4 Å². The average molecular weight is 418 g/mol. The maximum absolute atomic E-state index is 12.8. The third-order valence-corrected chi connectivity index (χ3v) is 4.93. The molecule has 0 aliphatic heterocycles. The van der Waals surface area contributed by atoms with Crippen LogP contribution in [0, 0.1) is 0 Å². The zero-order chi connectivity index (χ0) is 20.0. The maximum atomic E-state index is 12.8. The molecule has 0 radical (unpaired) electrons. The summed E-state index contributed by atoms with van der Waals surface area (Å²) in [5.41, 5.74) is 0.643. The van der Waals surface area contributed by atoms with Gasteiger partial charge >= 0.3 is 11.7 Å². The fraction of sp³-hybridized carbons (Fsp3) is 0.0526. The molecule has 0 atom stereocenters. The normalized spacial score (nSPS) is 11.2. The van der Waals surface area contributed by atoms with Crippen LogP contribution in [-0.2, 0) is 6.54 Å². The van der Waals surface area contributed by atoms with Crippen LogP contribution in [0.15, 0.2) is 53.5 Å². The van der Waals surface area contributed by atoms with Gasteiger partial charge in [0.25, 0.3) is 0 Å². The standard InChI is InChI=1S/C19H13Cl2N3O4/c20-10-6-13(21)16-12(17(18(26)27)22-14(16)7-10)8-23-9-15(25)24(19(23)28)11-4-2-1-3-5-11/h1-7,9,22,25H,8H2,(H,26,27). The zero-order valence-electron chi connectivity index (χ0n) is 14.2. The molecule has 0 saturated heterocycles. The molecule has 4 rings (SSSR count). The molecule has 0 aliphatic carbocycles. The molecule has 9 heteroatoms. The first-order valence-electron chi connectivity index (χ1n) is 8.16. The first kappa shape index (κ1) is 18.2. The topological polar surface area (TPSA) is 100 Å². The van der Waals surface area contributed by atoms with Gasteiger partial charge in [-0.2, -0.15) is 0 Å². The van der Waals surface area contributed by atoms with Crippen molar-refractivity contribution in [2.75, 3.05) is 0 Å². The van der Waals surface area contributed by atoms with Crippen molar-refractivity contribution in [2.45, 2.75) is 6.54 Å². The number of hydrogen-bond acceptors (Lipinski definition) is 3. The SMILES string of the molecule is O=C(O)c1[nH]c2cc(Cl)cc(Cl)c2c1Cn1cc(O)n(-c2ccccc2)c1=O. The Kier molecular flexibility index (Phi) is 4.41. The molecule has 142 valence electrons. The number of nitrogens with one attached hydrogen (secondary N) is 1. The third-order valence-electron chi connectivity index (χ3n) is 4.41. The lowest BCUT2D eigenvalue weighted by Gasteiger charge is -2.05. The second-order valence-corrected chi connectivity index (χ2v) is 7.01. The number of aromatic hydroxyl groups is 1. The van der Waals surface area contributed by atoms with Gasteiger partial charge in [0.1, 0.15) is 5.69 Å². The van der Waals surface area contributed by atoms with Gasteiger partial charge in [0.15, 0.2) is 0 Å². The highest BCUT2D eigenvalue weighted by atomic mass is 35.5. The van der Waals surface area contributed by atoms with E-state index in [0.717, 1.165) is 4.57 Å². The molecule has 0 aliphatic rings. The van der Waals surface area contributed by atoms with E-state index in [2.05, 4.69) is 4.98 Å². The summed E-state index contributed by atoms with van der Waals surface area (Å²) in [6, 6.07) is 11.7.